The summed E-state index contributed by atoms with van der Waals surface area (Å²) in [6.45, 7) is 3.24. The second-order valence-electron chi connectivity index (χ2n) is 5.74. The molecule has 7 nitrogen and oxygen atoms in total. The van der Waals surface area contributed by atoms with Crippen molar-refractivity contribution >= 4 is 17.8 Å². The first kappa shape index (κ1) is 21.5. The number of nitrogens with one attached hydrogen (secondary N) is 2. The first-order valence-corrected chi connectivity index (χ1v) is 7.95. The quantitative estimate of drug-likeness (QED) is 0.499. The largest absolute Gasteiger partial charge is 0.454 e. The SMILES string of the molecule is COCCNC(=O)COC(=O)[C@@H](NC(=O)c1c(F)cccc1F)C(C)C. The number of ether oxygens (including phenoxy) is 2. The normalized spacial score (nSPS) is 11.8. The topological polar surface area (TPSA) is 93.7 Å². The van der Waals surface area contributed by atoms with Crippen molar-refractivity contribution in [3.63, 3.8) is 0 Å². The summed E-state index contributed by atoms with van der Waals surface area (Å²) in [4.78, 5) is 35.8. The fraction of sp³-hybridized carbons (Fsp3) is 0.471. The summed E-state index contributed by atoms with van der Waals surface area (Å²) in [7, 11) is 1.47. The van der Waals surface area contributed by atoms with Crippen molar-refractivity contribution in [2.45, 2.75) is 19.9 Å². The Morgan fingerprint density at radius 2 is 1.77 bits per heavy atom. The molecule has 0 saturated heterocycles. The van der Waals surface area contributed by atoms with Gasteiger partial charge in [-0.25, -0.2) is 13.6 Å². The minimum atomic E-state index is -1.17. The average Bonchev–Trinajstić information content (AvgIpc) is 2.57. The number of hydrogen-bond donors (Lipinski definition) is 2. The van der Waals surface area contributed by atoms with E-state index in [4.69, 9.17) is 9.47 Å². The second kappa shape index (κ2) is 10.4. The highest BCUT2D eigenvalue weighted by atomic mass is 19.1. The molecule has 0 aliphatic heterocycles. The van der Waals surface area contributed by atoms with Crippen molar-refractivity contribution in [3.8, 4) is 0 Å². The maximum atomic E-state index is 13.7. The number of esters is 1. The molecule has 1 atom stereocenters. The van der Waals surface area contributed by atoms with Crippen LogP contribution in [0.1, 0.15) is 24.2 Å². The molecule has 1 aromatic carbocycles. The molecule has 26 heavy (non-hydrogen) atoms. The lowest BCUT2D eigenvalue weighted by atomic mass is 10.0. The van der Waals surface area contributed by atoms with E-state index in [0.29, 0.717) is 6.61 Å². The zero-order valence-electron chi connectivity index (χ0n) is 14.8. The van der Waals surface area contributed by atoms with Crippen molar-refractivity contribution in [3.05, 3.63) is 35.4 Å². The van der Waals surface area contributed by atoms with Gasteiger partial charge < -0.3 is 20.1 Å². The lowest BCUT2D eigenvalue weighted by Gasteiger charge is -2.21. The summed E-state index contributed by atoms with van der Waals surface area (Å²) in [6.07, 6.45) is 0. The number of methoxy groups -OCH3 is 1. The van der Waals surface area contributed by atoms with E-state index < -0.39 is 53.5 Å². The van der Waals surface area contributed by atoms with Crippen LogP contribution in [0.2, 0.25) is 0 Å². The Kier molecular flexibility index (Phi) is 8.63. The average molecular weight is 372 g/mol. The van der Waals surface area contributed by atoms with Gasteiger partial charge in [0.1, 0.15) is 23.2 Å². The van der Waals surface area contributed by atoms with Crippen LogP contribution in [0.25, 0.3) is 0 Å². The Morgan fingerprint density at radius 3 is 2.31 bits per heavy atom. The molecule has 0 bridgehead atoms. The van der Waals surface area contributed by atoms with Gasteiger partial charge in [0, 0.05) is 13.7 Å². The van der Waals surface area contributed by atoms with Crippen LogP contribution in [0.15, 0.2) is 18.2 Å². The van der Waals surface area contributed by atoms with Crippen LogP contribution >= 0.6 is 0 Å². The van der Waals surface area contributed by atoms with Crippen LogP contribution in [0.4, 0.5) is 8.78 Å². The van der Waals surface area contributed by atoms with E-state index in [1.54, 1.807) is 13.8 Å². The Labute approximate surface area is 150 Å². The summed E-state index contributed by atoms with van der Waals surface area (Å²) >= 11 is 0. The molecule has 0 heterocycles. The number of hydrogen-bond acceptors (Lipinski definition) is 5. The molecule has 0 fully saturated rings. The Balaban J connectivity index is 2.69. The van der Waals surface area contributed by atoms with Crippen molar-refractivity contribution in [2.24, 2.45) is 5.92 Å². The van der Waals surface area contributed by atoms with Crippen LogP contribution in [0.3, 0.4) is 0 Å². The van der Waals surface area contributed by atoms with Gasteiger partial charge in [0.05, 0.1) is 6.61 Å². The summed E-state index contributed by atoms with van der Waals surface area (Å²) in [6, 6.07) is 1.82. The third-order valence-electron chi connectivity index (χ3n) is 3.37. The van der Waals surface area contributed by atoms with E-state index in [1.165, 1.54) is 7.11 Å². The molecule has 0 spiro atoms. The van der Waals surface area contributed by atoms with E-state index in [-0.39, 0.29) is 6.54 Å². The molecule has 1 rings (SSSR count). The fourth-order valence-corrected chi connectivity index (χ4v) is 2.00. The molecule has 0 saturated carbocycles. The molecule has 0 aliphatic rings. The van der Waals surface area contributed by atoms with E-state index in [2.05, 4.69) is 10.6 Å². The predicted octanol–water partition coefficient (Wildman–Crippen LogP) is 1.02. The summed E-state index contributed by atoms with van der Waals surface area (Å²) in [5.41, 5.74) is -0.789. The van der Waals surface area contributed by atoms with Crippen LogP contribution in [0, 0.1) is 17.6 Å². The third kappa shape index (κ3) is 6.40. The van der Waals surface area contributed by atoms with Crippen LogP contribution < -0.4 is 10.6 Å². The lowest BCUT2D eigenvalue weighted by molar-refractivity contribution is -0.151. The highest BCUT2D eigenvalue weighted by molar-refractivity contribution is 5.97. The van der Waals surface area contributed by atoms with Crippen molar-refractivity contribution in [1.82, 2.24) is 10.6 Å². The zero-order valence-corrected chi connectivity index (χ0v) is 14.8. The molecule has 9 heteroatoms. The molecule has 0 aliphatic carbocycles. The van der Waals surface area contributed by atoms with Gasteiger partial charge in [-0.3, -0.25) is 9.59 Å². The van der Waals surface area contributed by atoms with E-state index >= 15 is 0 Å². The summed E-state index contributed by atoms with van der Waals surface area (Å²) < 4.78 is 37.0. The van der Waals surface area contributed by atoms with Gasteiger partial charge in [0.25, 0.3) is 11.8 Å². The molecule has 2 N–H and O–H groups in total. The minimum Gasteiger partial charge on any atom is -0.454 e. The Bertz CT molecular complexity index is 632. The molecule has 0 aromatic heterocycles. The smallest absolute Gasteiger partial charge is 0.329 e. The summed E-state index contributed by atoms with van der Waals surface area (Å²) in [5.74, 6) is -5.03. The molecular formula is C17H22F2N2O5. The van der Waals surface area contributed by atoms with Gasteiger partial charge in [-0.05, 0) is 18.1 Å². The number of benzene rings is 1. The number of amides is 2. The van der Waals surface area contributed by atoms with Crippen molar-refractivity contribution in [2.75, 3.05) is 26.9 Å². The Hall–Kier alpha value is -2.55. The fourth-order valence-electron chi connectivity index (χ4n) is 2.00. The van der Waals surface area contributed by atoms with E-state index in [0.717, 1.165) is 18.2 Å². The van der Waals surface area contributed by atoms with Gasteiger partial charge in [-0.1, -0.05) is 19.9 Å². The maximum absolute atomic E-state index is 13.7. The van der Waals surface area contributed by atoms with Gasteiger partial charge in [-0.2, -0.15) is 0 Å². The van der Waals surface area contributed by atoms with E-state index in [9.17, 15) is 23.2 Å². The number of carbonyl (C=O) groups is 3. The monoisotopic (exact) mass is 372 g/mol. The number of carbonyl (C=O) groups excluding carboxylic acids is 3. The minimum absolute atomic E-state index is 0.254. The predicted molar refractivity (Wildman–Crippen MR) is 88.3 cm³/mol. The standard InChI is InChI=1S/C17H22F2N2O5/c1-10(2)15(17(24)26-9-13(22)20-7-8-25-3)21-16(23)14-11(18)5-4-6-12(14)19/h4-6,10,15H,7-9H2,1-3H3,(H,20,22)(H,21,23)/t15-/m0/s1. The lowest BCUT2D eigenvalue weighted by Crippen LogP contribution is -2.46. The zero-order chi connectivity index (χ0) is 19.7. The van der Waals surface area contributed by atoms with Crippen LogP contribution in [0.5, 0.6) is 0 Å². The molecule has 144 valence electrons. The van der Waals surface area contributed by atoms with Crippen LogP contribution in [-0.2, 0) is 19.1 Å². The van der Waals surface area contributed by atoms with Crippen LogP contribution in [-0.4, -0.2) is 50.7 Å². The van der Waals surface area contributed by atoms with Crippen molar-refractivity contribution < 1.29 is 32.6 Å². The van der Waals surface area contributed by atoms with Gasteiger partial charge in [0.15, 0.2) is 6.61 Å². The second-order valence-corrected chi connectivity index (χ2v) is 5.74. The highest BCUT2D eigenvalue weighted by Gasteiger charge is 2.28. The van der Waals surface area contributed by atoms with Crippen molar-refractivity contribution in [1.29, 1.82) is 0 Å². The molecule has 0 radical (unpaired) electrons. The third-order valence-corrected chi connectivity index (χ3v) is 3.37. The molecular weight excluding hydrogens is 350 g/mol. The molecule has 1 aromatic rings. The van der Waals surface area contributed by atoms with Gasteiger partial charge in [-0.15, -0.1) is 0 Å². The van der Waals surface area contributed by atoms with Gasteiger partial charge >= 0.3 is 5.97 Å². The highest BCUT2D eigenvalue weighted by Crippen LogP contribution is 2.13. The first-order valence-electron chi connectivity index (χ1n) is 7.95. The van der Waals surface area contributed by atoms with Gasteiger partial charge in [0.2, 0.25) is 0 Å². The summed E-state index contributed by atoms with van der Waals surface area (Å²) in [5, 5.41) is 4.71. The Morgan fingerprint density at radius 1 is 1.15 bits per heavy atom. The molecule has 2 amide bonds. The van der Waals surface area contributed by atoms with E-state index in [1.807, 2.05) is 0 Å². The first-order chi connectivity index (χ1) is 12.3. The number of rotatable bonds is 9. The molecule has 0 unspecified atom stereocenters. The number of halogens is 2. The maximum Gasteiger partial charge on any atom is 0.329 e.